The summed E-state index contributed by atoms with van der Waals surface area (Å²) < 4.78 is 5.75. The second-order valence-electron chi connectivity index (χ2n) is 6.05. The molecule has 1 aliphatic rings. The Labute approximate surface area is 136 Å². The predicted octanol–water partition coefficient (Wildman–Crippen LogP) is 2.30. The zero-order valence-electron chi connectivity index (χ0n) is 13.7. The average Bonchev–Trinajstić information content (AvgIpc) is 2.82. The monoisotopic (exact) mass is 325 g/mol. The fourth-order valence-corrected chi connectivity index (χ4v) is 3.69. The van der Waals surface area contributed by atoms with E-state index >= 15 is 0 Å². The van der Waals surface area contributed by atoms with E-state index in [1.807, 2.05) is 6.92 Å². The van der Waals surface area contributed by atoms with E-state index in [0.29, 0.717) is 13.0 Å². The summed E-state index contributed by atoms with van der Waals surface area (Å²) >= 11 is 1.64. The number of rotatable bonds is 6. The third kappa shape index (κ3) is 4.51. The Morgan fingerprint density at radius 2 is 2.23 bits per heavy atom. The molecule has 0 aliphatic heterocycles. The fourth-order valence-electron chi connectivity index (χ4n) is 2.81. The van der Waals surface area contributed by atoms with Gasteiger partial charge in [-0.1, -0.05) is 6.92 Å². The average molecular weight is 325 g/mol. The van der Waals surface area contributed by atoms with E-state index in [4.69, 9.17) is 10.5 Å². The molecule has 1 amide bonds. The van der Waals surface area contributed by atoms with Gasteiger partial charge in [-0.15, -0.1) is 11.3 Å². The molecule has 22 heavy (non-hydrogen) atoms. The molecule has 0 radical (unpaired) electrons. The predicted molar refractivity (Wildman–Crippen MR) is 88.8 cm³/mol. The highest BCUT2D eigenvalue weighted by Gasteiger charge is 2.32. The summed E-state index contributed by atoms with van der Waals surface area (Å²) in [4.78, 5) is 18.0. The van der Waals surface area contributed by atoms with Crippen molar-refractivity contribution in [2.24, 2.45) is 11.7 Å². The van der Waals surface area contributed by atoms with E-state index in [9.17, 15) is 4.79 Å². The Morgan fingerprint density at radius 3 is 2.82 bits per heavy atom. The van der Waals surface area contributed by atoms with E-state index in [1.54, 1.807) is 11.3 Å². The van der Waals surface area contributed by atoms with Crippen molar-refractivity contribution in [2.75, 3.05) is 6.61 Å². The van der Waals surface area contributed by atoms with Crippen LogP contribution in [0.1, 0.15) is 48.2 Å². The molecule has 0 unspecified atom stereocenters. The van der Waals surface area contributed by atoms with Crippen molar-refractivity contribution in [3.63, 3.8) is 0 Å². The topological polar surface area (TPSA) is 77.2 Å². The van der Waals surface area contributed by atoms with E-state index in [2.05, 4.69) is 24.1 Å². The van der Waals surface area contributed by atoms with Crippen LogP contribution in [0, 0.1) is 19.8 Å². The molecule has 0 spiro atoms. The number of nitrogens with one attached hydrogen (secondary N) is 1. The minimum Gasteiger partial charge on any atom is -0.377 e. The van der Waals surface area contributed by atoms with Crippen LogP contribution in [0.4, 0.5) is 0 Å². The number of ether oxygens (including phenoxy) is 1. The first-order valence-electron chi connectivity index (χ1n) is 8.09. The highest BCUT2D eigenvalue weighted by molar-refractivity contribution is 7.11. The summed E-state index contributed by atoms with van der Waals surface area (Å²) in [5.41, 5.74) is 7.21. The van der Waals surface area contributed by atoms with Crippen LogP contribution in [0.5, 0.6) is 0 Å². The number of hydrogen-bond acceptors (Lipinski definition) is 5. The lowest BCUT2D eigenvalue weighted by atomic mass is 9.83. The zero-order chi connectivity index (χ0) is 16.1. The minimum atomic E-state index is -0.0413. The number of hydrogen-bond donors (Lipinski definition) is 2. The smallest absolute Gasteiger partial charge is 0.223 e. The van der Waals surface area contributed by atoms with E-state index in [0.717, 1.165) is 36.6 Å². The number of nitrogens with zero attached hydrogens (tertiary/aromatic N) is 1. The van der Waals surface area contributed by atoms with E-state index in [1.165, 1.54) is 4.88 Å². The SMILES string of the molecule is CCCO[C@@H]1CC[C@H](C(=O)NCc2nc(C)c(C)s2)C[C@H]1N. The molecule has 3 N–H and O–H groups in total. The Morgan fingerprint density at radius 1 is 1.45 bits per heavy atom. The third-order valence-corrected chi connectivity index (χ3v) is 5.30. The van der Waals surface area contributed by atoms with Crippen molar-refractivity contribution in [2.45, 2.75) is 65.1 Å². The number of nitrogens with two attached hydrogens (primary N) is 1. The molecule has 5 nitrogen and oxygen atoms in total. The minimum absolute atomic E-state index is 0.00127. The molecule has 6 heteroatoms. The second-order valence-corrected chi connectivity index (χ2v) is 7.34. The Hall–Kier alpha value is -0.980. The van der Waals surface area contributed by atoms with Gasteiger partial charge in [-0.3, -0.25) is 4.79 Å². The maximum Gasteiger partial charge on any atom is 0.223 e. The summed E-state index contributed by atoms with van der Waals surface area (Å²) in [6.07, 6.45) is 3.53. The summed E-state index contributed by atoms with van der Waals surface area (Å²) in [7, 11) is 0. The lowest BCUT2D eigenvalue weighted by molar-refractivity contribution is -0.127. The van der Waals surface area contributed by atoms with Gasteiger partial charge in [-0.05, 0) is 39.5 Å². The van der Waals surface area contributed by atoms with Gasteiger partial charge < -0.3 is 15.8 Å². The molecule has 124 valence electrons. The van der Waals surface area contributed by atoms with Gasteiger partial charge in [0, 0.05) is 23.4 Å². The van der Waals surface area contributed by atoms with Crippen molar-refractivity contribution in [3.05, 3.63) is 15.6 Å². The molecule has 1 aromatic rings. The molecule has 1 aliphatic carbocycles. The Kier molecular flexibility index (Phi) is 6.35. The lowest BCUT2D eigenvalue weighted by Gasteiger charge is -2.33. The van der Waals surface area contributed by atoms with Gasteiger partial charge in [0.1, 0.15) is 5.01 Å². The number of carbonyl (C=O) groups excluding carboxylic acids is 1. The fraction of sp³-hybridized carbons (Fsp3) is 0.750. The Bertz CT molecular complexity index is 484. The van der Waals surface area contributed by atoms with Crippen LogP contribution in [0.25, 0.3) is 0 Å². The van der Waals surface area contributed by atoms with Crippen molar-refractivity contribution in [1.82, 2.24) is 10.3 Å². The van der Waals surface area contributed by atoms with Crippen LogP contribution < -0.4 is 11.1 Å². The van der Waals surface area contributed by atoms with Gasteiger partial charge in [0.05, 0.1) is 18.3 Å². The quantitative estimate of drug-likeness (QED) is 0.841. The standard InChI is InChI=1S/C16H27N3O2S/c1-4-7-21-14-6-5-12(8-13(14)17)16(20)18-9-15-19-10(2)11(3)22-15/h12-14H,4-9,17H2,1-3H3,(H,18,20)/t12-,13+,14+/m0/s1. The van der Waals surface area contributed by atoms with Crippen molar-refractivity contribution in [1.29, 1.82) is 0 Å². The molecular weight excluding hydrogens is 298 g/mol. The summed E-state index contributed by atoms with van der Waals surface area (Å²) in [6, 6.07) is -0.0413. The van der Waals surface area contributed by atoms with Gasteiger partial charge in [-0.2, -0.15) is 0 Å². The van der Waals surface area contributed by atoms with Crippen LogP contribution in [0.3, 0.4) is 0 Å². The van der Waals surface area contributed by atoms with Crippen LogP contribution in [0.2, 0.25) is 0 Å². The highest BCUT2D eigenvalue weighted by Crippen LogP contribution is 2.26. The normalized spacial score (nSPS) is 25.2. The van der Waals surface area contributed by atoms with Crippen LogP contribution in [0.15, 0.2) is 0 Å². The number of carbonyl (C=O) groups is 1. The molecule has 0 aromatic carbocycles. The molecule has 1 heterocycles. The molecular formula is C16H27N3O2S. The first kappa shape index (κ1) is 17.4. The second kappa shape index (κ2) is 8.04. The summed E-state index contributed by atoms with van der Waals surface area (Å²) in [6.45, 7) is 7.40. The molecule has 1 saturated carbocycles. The number of aryl methyl sites for hydroxylation is 2. The zero-order valence-corrected chi connectivity index (χ0v) is 14.5. The van der Waals surface area contributed by atoms with E-state index < -0.39 is 0 Å². The lowest BCUT2D eigenvalue weighted by Crippen LogP contribution is -2.46. The molecule has 1 aromatic heterocycles. The van der Waals surface area contributed by atoms with Crippen molar-refractivity contribution < 1.29 is 9.53 Å². The molecule has 0 saturated heterocycles. The van der Waals surface area contributed by atoms with Gasteiger partial charge in [-0.25, -0.2) is 4.98 Å². The highest BCUT2D eigenvalue weighted by atomic mass is 32.1. The number of amides is 1. The van der Waals surface area contributed by atoms with Gasteiger partial charge in [0.25, 0.3) is 0 Å². The molecule has 2 rings (SSSR count). The summed E-state index contributed by atoms with van der Waals surface area (Å²) in [5, 5.41) is 3.97. The van der Waals surface area contributed by atoms with Crippen molar-refractivity contribution >= 4 is 17.2 Å². The van der Waals surface area contributed by atoms with Crippen molar-refractivity contribution in [3.8, 4) is 0 Å². The van der Waals surface area contributed by atoms with Crippen LogP contribution >= 0.6 is 11.3 Å². The van der Waals surface area contributed by atoms with Gasteiger partial charge in [0.15, 0.2) is 0 Å². The molecule has 3 atom stereocenters. The van der Waals surface area contributed by atoms with Crippen LogP contribution in [-0.4, -0.2) is 29.6 Å². The summed E-state index contributed by atoms with van der Waals surface area (Å²) in [5.74, 6) is 0.0912. The molecule has 0 bridgehead atoms. The van der Waals surface area contributed by atoms with Crippen LogP contribution in [-0.2, 0) is 16.1 Å². The van der Waals surface area contributed by atoms with Gasteiger partial charge in [0.2, 0.25) is 5.91 Å². The number of aromatic nitrogens is 1. The maximum atomic E-state index is 12.3. The maximum absolute atomic E-state index is 12.3. The first-order chi connectivity index (χ1) is 10.5. The number of thiazole rings is 1. The molecule has 1 fully saturated rings. The third-order valence-electron chi connectivity index (χ3n) is 4.23. The van der Waals surface area contributed by atoms with E-state index in [-0.39, 0.29) is 24.0 Å². The largest absolute Gasteiger partial charge is 0.377 e. The Balaban J connectivity index is 1.79. The first-order valence-corrected chi connectivity index (χ1v) is 8.90. The van der Waals surface area contributed by atoms with Gasteiger partial charge >= 0.3 is 0 Å².